The van der Waals surface area contributed by atoms with Crippen LogP contribution in [0.2, 0.25) is 0 Å². The van der Waals surface area contributed by atoms with Crippen molar-refractivity contribution in [1.82, 2.24) is 21.3 Å². The number of carboxylic acids is 1. The number of nitrogens with two attached hydrogens (primary N) is 1. The standard InChI is InChI=1S/C16H27N5O6S/c1-28-6-4-10(20-15(26)9-3-2-5-18-9)16(27)21-11(7-12(17)22)14(25)19-8-13(23)24/h9-11,18H,2-8H2,1H3,(H2,17,22)(H,19,25)(H,20,26)(H,21,27)(H,23,24). The van der Waals surface area contributed by atoms with Gasteiger partial charge in [0.15, 0.2) is 0 Å². The predicted octanol–water partition coefficient (Wildman–Crippen LogP) is -2.46. The minimum atomic E-state index is -1.33. The first-order valence-corrected chi connectivity index (χ1v) is 10.2. The van der Waals surface area contributed by atoms with Crippen molar-refractivity contribution in [2.75, 3.05) is 25.1 Å². The number of nitrogens with one attached hydrogen (secondary N) is 4. The third kappa shape index (κ3) is 8.57. The molecule has 1 rings (SSSR count). The van der Waals surface area contributed by atoms with Crippen molar-refractivity contribution >= 4 is 41.4 Å². The molecular formula is C16H27N5O6S. The molecule has 0 aromatic carbocycles. The van der Waals surface area contributed by atoms with Crippen molar-refractivity contribution in [2.24, 2.45) is 5.73 Å². The molecule has 0 saturated carbocycles. The van der Waals surface area contributed by atoms with Crippen LogP contribution in [0.4, 0.5) is 0 Å². The molecule has 1 aliphatic rings. The Balaban J connectivity index is 2.78. The summed E-state index contributed by atoms with van der Waals surface area (Å²) in [6, 6.07) is -2.60. The van der Waals surface area contributed by atoms with E-state index in [9.17, 15) is 24.0 Å². The van der Waals surface area contributed by atoms with Crippen molar-refractivity contribution in [1.29, 1.82) is 0 Å². The van der Waals surface area contributed by atoms with Gasteiger partial charge in [-0.05, 0) is 37.8 Å². The van der Waals surface area contributed by atoms with E-state index in [1.54, 1.807) is 0 Å². The Bertz CT molecular complexity index is 596. The molecule has 0 spiro atoms. The molecule has 0 radical (unpaired) electrons. The van der Waals surface area contributed by atoms with Gasteiger partial charge in [0, 0.05) is 0 Å². The summed E-state index contributed by atoms with van der Waals surface area (Å²) in [6.45, 7) is 0.0636. The zero-order valence-corrected chi connectivity index (χ0v) is 16.5. The summed E-state index contributed by atoms with van der Waals surface area (Å²) in [4.78, 5) is 58.9. The zero-order valence-electron chi connectivity index (χ0n) is 15.7. The van der Waals surface area contributed by atoms with Crippen molar-refractivity contribution in [2.45, 2.75) is 43.8 Å². The number of aliphatic carboxylic acids is 1. The van der Waals surface area contributed by atoms with E-state index in [1.807, 2.05) is 6.26 Å². The molecule has 28 heavy (non-hydrogen) atoms. The van der Waals surface area contributed by atoms with E-state index in [0.29, 0.717) is 18.6 Å². The number of thioether (sulfide) groups is 1. The SMILES string of the molecule is CSCCC(NC(=O)C1CCCN1)C(=O)NC(CC(N)=O)C(=O)NCC(=O)O. The summed E-state index contributed by atoms with van der Waals surface area (Å²) in [5, 5.41) is 18.8. The summed E-state index contributed by atoms with van der Waals surface area (Å²) in [5.41, 5.74) is 5.11. The minimum absolute atomic E-state index is 0.305. The molecule has 158 valence electrons. The van der Waals surface area contributed by atoms with Crippen molar-refractivity contribution < 1.29 is 29.1 Å². The van der Waals surface area contributed by atoms with Gasteiger partial charge in [-0.3, -0.25) is 24.0 Å². The van der Waals surface area contributed by atoms with Gasteiger partial charge in [-0.2, -0.15) is 11.8 Å². The van der Waals surface area contributed by atoms with Crippen LogP contribution in [0.15, 0.2) is 0 Å². The predicted molar refractivity (Wildman–Crippen MR) is 102 cm³/mol. The lowest BCUT2D eigenvalue weighted by Crippen LogP contribution is -2.56. The average molecular weight is 417 g/mol. The highest BCUT2D eigenvalue weighted by Gasteiger charge is 2.30. The average Bonchev–Trinajstić information content (AvgIpc) is 3.16. The van der Waals surface area contributed by atoms with Crippen LogP contribution in [0.1, 0.15) is 25.7 Å². The molecule has 1 saturated heterocycles. The fourth-order valence-electron chi connectivity index (χ4n) is 2.65. The van der Waals surface area contributed by atoms with Gasteiger partial charge in [0.05, 0.1) is 12.5 Å². The quantitative estimate of drug-likeness (QED) is 0.202. The molecule has 12 heteroatoms. The highest BCUT2D eigenvalue weighted by molar-refractivity contribution is 7.98. The topological polar surface area (TPSA) is 180 Å². The molecular weight excluding hydrogens is 390 g/mol. The Kier molecular flexibility index (Phi) is 10.3. The lowest BCUT2D eigenvalue weighted by atomic mass is 10.1. The Morgan fingerprint density at radius 3 is 2.43 bits per heavy atom. The Morgan fingerprint density at radius 2 is 1.89 bits per heavy atom. The summed E-state index contributed by atoms with van der Waals surface area (Å²) >= 11 is 1.49. The molecule has 4 amide bonds. The van der Waals surface area contributed by atoms with Gasteiger partial charge in [-0.25, -0.2) is 0 Å². The maximum Gasteiger partial charge on any atom is 0.322 e. The van der Waals surface area contributed by atoms with Crippen molar-refractivity contribution in [3.8, 4) is 0 Å². The summed E-state index contributed by atoms with van der Waals surface area (Å²) < 4.78 is 0. The van der Waals surface area contributed by atoms with E-state index in [-0.39, 0.29) is 11.9 Å². The van der Waals surface area contributed by atoms with Gasteiger partial charge in [-0.1, -0.05) is 0 Å². The third-order valence-corrected chi connectivity index (χ3v) is 4.72. The second-order valence-corrected chi connectivity index (χ2v) is 7.32. The number of hydrogen-bond acceptors (Lipinski definition) is 7. The number of primary amides is 1. The summed E-state index contributed by atoms with van der Waals surface area (Å²) in [7, 11) is 0. The molecule has 1 aliphatic heterocycles. The largest absolute Gasteiger partial charge is 0.480 e. The van der Waals surface area contributed by atoms with E-state index in [2.05, 4.69) is 21.3 Å². The van der Waals surface area contributed by atoms with Gasteiger partial charge < -0.3 is 32.1 Å². The molecule has 0 aromatic rings. The zero-order chi connectivity index (χ0) is 21.1. The molecule has 11 nitrogen and oxygen atoms in total. The van der Waals surface area contributed by atoms with Crippen molar-refractivity contribution in [3.05, 3.63) is 0 Å². The number of carbonyl (C=O) groups excluding carboxylic acids is 4. The molecule has 0 aliphatic carbocycles. The Morgan fingerprint density at radius 1 is 1.18 bits per heavy atom. The first-order chi connectivity index (χ1) is 13.2. The monoisotopic (exact) mass is 417 g/mol. The molecule has 1 heterocycles. The molecule has 0 aromatic heterocycles. The fraction of sp³-hybridized carbons (Fsp3) is 0.688. The highest BCUT2D eigenvalue weighted by Crippen LogP contribution is 2.07. The van der Waals surface area contributed by atoms with Gasteiger partial charge in [0.1, 0.15) is 18.6 Å². The van der Waals surface area contributed by atoms with Crippen LogP contribution in [0, 0.1) is 0 Å². The Labute approximate surface area is 166 Å². The van der Waals surface area contributed by atoms with Gasteiger partial charge in [0.25, 0.3) is 0 Å². The molecule has 3 atom stereocenters. The molecule has 3 unspecified atom stereocenters. The first kappa shape index (κ1) is 23.7. The van der Waals surface area contributed by atoms with Crippen LogP contribution in [-0.2, 0) is 24.0 Å². The molecule has 1 fully saturated rings. The van der Waals surface area contributed by atoms with Crippen molar-refractivity contribution in [3.63, 3.8) is 0 Å². The number of rotatable bonds is 12. The van der Waals surface area contributed by atoms with E-state index in [1.165, 1.54) is 11.8 Å². The van der Waals surface area contributed by atoms with Gasteiger partial charge in [-0.15, -0.1) is 0 Å². The van der Waals surface area contributed by atoms with Crippen LogP contribution in [0.25, 0.3) is 0 Å². The second-order valence-electron chi connectivity index (χ2n) is 6.33. The van der Waals surface area contributed by atoms with Gasteiger partial charge >= 0.3 is 5.97 Å². The van der Waals surface area contributed by atoms with Crippen LogP contribution < -0.4 is 27.0 Å². The number of carboxylic acid groups (broad SMARTS) is 1. The van der Waals surface area contributed by atoms with E-state index in [0.717, 1.165) is 13.0 Å². The van der Waals surface area contributed by atoms with Crippen LogP contribution in [0.5, 0.6) is 0 Å². The van der Waals surface area contributed by atoms with Crippen LogP contribution in [0.3, 0.4) is 0 Å². The van der Waals surface area contributed by atoms with E-state index >= 15 is 0 Å². The maximum atomic E-state index is 12.6. The number of amides is 4. The first-order valence-electron chi connectivity index (χ1n) is 8.85. The minimum Gasteiger partial charge on any atom is -0.480 e. The smallest absolute Gasteiger partial charge is 0.322 e. The second kappa shape index (κ2) is 12.2. The lowest BCUT2D eigenvalue weighted by molar-refractivity contribution is -0.138. The van der Waals surface area contributed by atoms with Gasteiger partial charge in [0.2, 0.25) is 23.6 Å². The molecule has 0 bridgehead atoms. The van der Waals surface area contributed by atoms with E-state index in [4.69, 9.17) is 10.8 Å². The summed E-state index contributed by atoms with van der Waals surface area (Å²) in [6.07, 6.45) is 3.22. The number of hydrogen-bond donors (Lipinski definition) is 6. The van der Waals surface area contributed by atoms with E-state index < -0.39 is 48.7 Å². The maximum absolute atomic E-state index is 12.6. The lowest BCUT2D eigenvalue weighted by Gasteiger charge is -2.23. The fourth-order valence-corrected chi connectivity index (χ4v) is 3.13. The number of carbonyl (C=O) groups is 5. The normalized spacial score (nSPS) is 18.0. The Hall–Kier alpha value is -2.34. The molecule has 7 N–H and O–H groups in total. The van der Waals surface area contributed by atoms with Crippen LogP contribution in [-0.4, -0.2) is 77.9 Å². The highest BCUT2D eigenvalue weighted by atomic mass is 32.2. The third-order valence-electron chi connectivity index (χ3n) is 4.07. The summed E-state index contributed by atoms with van der Waals surface area (Å²) in [5.74, 6) is -3.32. The van der Waals surface area contributed by atoms with Crippen LogP contribution >= 0.6 is 11.8 Å².